The number of rotatable bonds is 6. The van der Waals surface area contributed by atoms with Gasteiger partial charge in [-0.3, -0.25) is 4.79 Å². The standard InChI is InChI=1S/C11H21NO4S/c1-11(7-3-4-8-11)12-17(14,15)9-5-6-10(13)16-2/h12H,3-9H2,1-2H3. The number of ether oxygens (including phenoxy) is 1. The number of hydrogen-bond donors (Lipinski definition) is 1. The summed E-state index contributed by atoms with van der Waals surface area (Å²) in [7, 11) is -1.98. The van der Waals surface area contributed by atoms with Crippen LogP contribution in [-0.4, -0.2) is 32.8 Å². The van der Waals surface area contributed by atoms with E-state index < -0.39 is 10.0 Å². The number of hydrogen-bond acceptors (Lipinski definition) is 4. The highest BCUT2D eigenvalue weighted by atomic mass is 32.2. The molecule has 0 spiro atoms. The highest BCUT2D eigenvalue weighted by Crippen LogP contribution is 2.29. The van der Waals surface area contributed by atoms with Gasteiger partial charge in [-0.25, -0.2) is 13.1 Å². The van der Waals surface area contributed by atoms with Crippen LogP contribution in [0.15, 0.2) is 0 Å². The fraction of sp³-hybridized carbons (Fsp3) is 0.909. The summed E-state index contributed by atoms with van der Waals surface area (Å²) in [5.74, 6) is -0.384. The minimum Gasteiger partial charge on any atom is -0.469 e. The molecule has 0 amide bonds. The van der Waals surface area contributed by atoms with E-state index in [1.54, 1.807) is 0 Å². The molecule has 0 unspecified atom stereocenters. The van der Waals surface area contributed by atoms with Crippen LogP contribution in [0.4, 0.5) is 0 Å². The molecule has 6 heteroatoms. The van der Waals surface area contributed by atoms with E-state index in [9.17, 15) is 13.2 Å². The molecule has 0 bridgehead atoms. The van der Waals surface area contributed by atoms with Crippen LogP contribution in [0.2, 0.25) is 0 Å². The molecule has 0 saturated heterocycles. The third kappa shape index (κ3) is 5.04. The van der Waals surface area contributed by atoms with Crippen molar-refractivity contribution in [3.63, 3.8) is 0 Å². The molecule has 1 aliphatic rings. The number of carbonyl (C=O) groups excluding carboxylic acids is 1. The first-order valence-electron chi connectivity index (χ1n) is 5.95. The van der Waals surface area contributed by atoms with Crippen LogP contribution in [0.25, 0.3) is 0 Å². The fourth-order valence-corrected chi connectivity index (χ4v) is 3.77. The van der Waals surface area contributed by atoms with Crippen molar-refractivity contribution in [3.05, 3.63) is 0 Å². The lowest BCUT2D eigenvalue weighted by Crippen LogP contribution is -2.44. The van der Waals surface area contributed by atoms with E-state index in [0.29, 0.717) is 6.42 Å². The molecule has 1 fully saturated rings. The summed E-state index contributed by atoms with van der Waals surface area (Å²) in [5.41, 5.74) is -0.288. The van der Waals surface area contributed by atoms with Crippen LogP contribution in [0.5, 0.6) is 0 Å². The molecule has 1 saturated carbocycles. The van der Waals surface area contributed by atoms with E-state index in [4.69, 9.17) is 0 Å². The smallest absolute Gasteiger partial charge is 0.305 e. The van der Waals surface area contributed by atoms with Crippen molar-refractivity contribution >= 4 is 16.0 Å². The van der Waals surface area contributed by atoms with Gasteiger partial charge in [-0.1, -0.05) is 12.8 Å². The van der Waals surface area contributed by atoms with Gasteiger partial charge in [0.05, 0.1) is 12.9 Å². The summed E-state index contributed by atoms with van der Waals surface area (Å²) in [6, 6.07) is 0. The predicted molar refractivity (Wildman–Crippen MR) is 65.0 cm³/mol. The Morgan fingerprint density at radius 3 is 2.47 bits per heavy atom. The topological polar surface area (TPSA) is 72.5 Å². The monoisotopic (exact) mass is 263 g/mol. The van der Waals surface area contributed by atoms with E-state index >= 15 is 0 Å². The van der Waals surface area contributed by atoms with Gasteiger partial charge in [0.2, 0.25) is 10.0 Å². The zero-order chi connectivity index (χ0) is 12.9. The molecule has 0 radical (unpaired) electrons. The Balaban J connectivity index is 2.38. The summed E-state index contributed by atoms with van der Waals surface area (Å²) in [6.07, 6.45) is 4.38. The average Bonchev–Trinajstić information content (AvgIpc) is 2.63. The molecule has 0 atom stereocenters. The lowest BCUT2D eigenvalue weighted by atomic mass is 10.0. The summed E-state index contributed by atoms with van der Waals surface area (Å²) >= 11 is 0. The number of methoxy groups -OCH3 is 1. The van der Waals surface area contributed by atoms with E-state index in [2.05, 4.69) is 9.46 Å². The molecule has 0 aliphatic heterocycles. The molecule has 0 aromatic carbocycles. The zero-order valence-electron chi connectivity index (χ0n) is 10.5. The van der Waals surface area contributed by atoms with Crippen LogP contribution in [0, 0.1) is 0 Å². The fourth-order valence-electron chi connectivity index (χ4n) is 2.19. The van der Waals surface area contributed by atoms with Crippen molar-refractivity contribution in [1.82, 2.24) is 4.72 Å². The van der Waals surface area contributed by atoms with Gasteiger partial charge in [0.1, 0.15) is 0 Å². The second-order valence-corrected chi connectivity index (χ2v) is 6.71. The largest absolute Gasteiger partial charge is 0.469 e. The number of nitrogens with one attached hydrogen (secondary N) is 1. The molecule has 100 valence electrons. The SMILES string of the molecule is COC(=O)CCCS(=O)(=O)NC1(C)CCCC1. The van der Waals surface area contributed by atoms with Crippen molar-refractivity contribution in [1.29, 1.82) is 0 Å². The van der Waals surface area contributed by atoms with Crippen molar-refractivity contribution in [2.24, 2.45) is 0 Å². The van der Waals surface area contributed by atoms with Crippen molar-refractivity contribution in [3.8, 4) is 0 Å². The van der Waals surface area contributed by atoms with Gasteiger partial charge >= 0.3 is 5.97 Å². The highest BCUT2D eigenvalue weighted by Gasteiger charge is 2.32. The number of sulfonamides is 1. The Hall–Kier alpha value is -0.620. The first-order chi connectivity index (χ1) is 7.87. The van der Waals surface area contributed by atoms with Crippen LogP contribution in [0.1, 0.15) is 45.4 Å². The van der Waals surface area contributed by atoms with Gasteiger partial charge in [0, 0.05) is 12.0 Å². The van der Waals surface area contributed by atoms with Crippen LogP contribution >= 0.6 is 0 Å². The molecular weight excluding hydrogens is 242 g/mol. The molecule has 0 heterocycles. The number of carbonyl (C=O) groups is 1. The Labute approximate surface area is 103 Å². The Kier molecular flexibility index (Phi) is 4.94. The van der Waals surface area contributed by atoms with Crippen LogP contribution in [-0.2, 0) is 19.6 Å². The maximum absolute atomic E-state index is 11.8. The maximum atomic E-state index is 11.8. The molecule has 17 heavy (non-hydrogen) atoms. The molecule has 1 aliphatic carbocycles. The van der Waals surface area contributed by atoms with Crippen molar-refractivity contribution in [2.45, 2.75) is 51.0 Å². The number of esters is 1. The van der Waals surface area contributed by atoms with Crippen molar-refractivity contribution < 1.29 is 17.9 Å². The summed E-state index contributed by atoms with van der Waals surface area (Å²) in [4.78, 5) is 10.9. The Bertz CT molecular complexity index is 358. The van der Waals surface area contributed by atoms with Gasteiger partial charge in [-0.15, -0.1) is 0 Å². The second kappa shape index (κ2) is 5.82. The lowest BCUT2D eigenvalue weighted by molar-refractivity contribution is -0.140. The van der Waals surface area contributed by atoms with E-state index in [1.807, 2.05) is 6.92 Å². The van der Waals surface area contributed by atoms with Gasteiger partial charge in [-0.05, 0) is 26.2 Å². The van der Waals surface area contributed by atoms with Gasteiger partial charge in [0.25, 0.3) is 0 Å². The van der Waals surface area contributed by atoms with Crippen molar-refractivity contribution in [2.75, 3.05) is 12.9 Å². The van der Waals surface area contributed by atoms with Gasteiger partial charge in [-0.2, -0.15) is 0 Å². The Morgan fingerprint density at radius 2 is 1.94 bits per heavy atom. The van der Waals surface area contributed by atoms with Crippen LogP contribution in [0.3, 0.4) is 0 Å². The molecule has 0 aromatic heterocycles. The predicted octanol–water partition coefficient (Wildman–Crippen LogP) is 1.19. The zero-order valence-corrected chi connectivity index (χ0v) is 11.3. The third-order valence-corrected chi connectivity index (χ3v) is 4.76. The molecule has 1 N–H and O–H groups in total. The normalized spacial score (nSPS) is 19.2. The summed E-state index contributed by atoms with van der Waals surface area (Å²) in [5, 5.41) is 0. The first kappa shape index (κ1) is 14.4. The maximum Gasteiger partial charge on any atom is 0.305 e. The minimum atomic E-state index is -3.29. The first-order valence-corrected chi connectivity index (χ1v) is 7.61. The second-order valence-electron chi connectivity index (χ2n) is 4.87. The molecule has 1 rings (SSSR count). The highest BCUT2D eigenvalue weighted by molar-refractivity contribution is 7.89. The summed E-state index contributed by atoms with van der Waals surface area (Å²) in [6.45, 7) is 1.94. The Morgan fingerprint density at radius 1 is 1.35 bits per heavy atom. The average molecular weight is 263 g/mol. The van der Waals surface area contributed by atoms with E-state index in [1.165, 1.54) is 7.11 Å². The van der Waals surface area contributed by atoms with E-state index in [-0.39, 0.29) is 23.7 Å². The lowest BCUT2D eigenvalue weighted by Gasteiger charge is -2.24. The summed E-state index contributed by atoms with van der Waals surface area (Å²) < 4.78 is 30.8. The van der Waals surface area contributed by atoms with Gasteiger partial charge < -0.3 is 4.74 Å². The van der Waals surface area contributed by atoms with Gasteiger partial charge in [0.15, 0.2) is 0 Å². The van der Waals surface area contributed by atoms with Crippen LogP contribution < -0.4 is 4.72 Å². The molecule has 5 nitrogen and oxygen atoms in total. The quantitative estimate of drug-likeness (QED) is 0.731. The minimum absolute atomic E-state index is 0.0162. The van der Waals surface area contributed by atoms with E-state index in [0.717, 1.165) is 25.7 Å². The third-order valence-electron chi connectivity index (χ3n) is 3.13. The molecule has 0 aromatic rings. The molecular formula is C11H21NO4S.